The summed E-state index contributed by atoms with van der Waals surface area (Å²) in [7, 11) is 1.56. The SMILES string of the molecule is COc1c(C=O)cccc1OC1CCCC1. The Labute approximate surface area is 95.4 Å². The normalized spacial score (nSPS) is 16.1. The molecule has 0 N–H and O–H groups in total. The van der Waals surface area contributed by atoms with Crippen LogP contribution in [0.1, 0.15) is 36.0 Å². The van der Waals surface area contributed by atoms with Crippen LogP contribution in [0.25, 0.3) is 0 Å². The number of carbonyl (C=O) groups excluding carboxylic acids is 1. The van der Waals surface area contributed by atoms with Gasteiger partial charge in [0.05, 0.1) is 18.8 Å². The van der Waals surface area contributed by atoms with Crippen molar-refractivity contribution in [3.8, 4) is 11.5 Å². The lowest BCUT2D eigenvalue weighted by atomic mass is 10.2. The Balaban J connectivity index is 2.21. The molecular formula is C13H16O3. The molecule has 0 radical (unpaired) electrons. The highest BCUT2D eigenvalue weighted by atomic mass is 16.5. The van der Waals surface area contributed by atoms with Gasteiger partial charge in [-0.15, -0.1) is 0 Å². The Hall–Kier alpha value is -1.51. The van der Waals surface area contributed by atoms with E-state index in [9.17, 15) is 4.79 Å². The number of hydrogen-bond donors (Lipinski definition) is 0. The molecule has 1 saturated carbocycles. The second-order valence-electron chi connectivity index (χ2n) is 4.02. The van der Waals surface area contributed by atoms with Crippen LogP contribution in [0.2, 0.25) is 0 Å². The van der Waals surface area contributed by atoms with Crippen LogP contribution in [0.15, 0.2) is 18.2 Å². The second-order valence-corrected chi connectivity index (χ2v) is 4.02. The largest absolute Gasteiger partial charge is 0.492 e. The first-order chi connectivity index (χ1) is 7.85. The van der Waals surface area contributed by atoms with E-state index in [4.69, 9.17) is 9.47 Å². The first-order valence-corrected chi connectivity index (χ1v) is 5.64. The minimum absolute atomic E-state index is 0.274. The molecule has 2 rings (SSSR count). The van der Waals surface area contributed by atoms with Crippen molar-refractivity contribution >= 4 is 6.29 Å². The molecule has 3 heteroatoms. The maximum atomic E-state index is 10.8. The predicted octanol–water partition coefficient (Wildman–Crippen LogP) is 2.83. The standard InChI is InChI=1S/C13H16O3/c1-15-13-10(9-14)5-4-8-12(13)16-11-6-2-3-7-11/h4-5,8-9,11H,2-3,6-7H2,1H3. The van der Waals surface area contributed by atoms with Gasteiger partial charge in [-0.3, -0.25) is 4.79 Å². The maximum Gasteiger partial charge on any atom is 0.171 e. The highest BCUT2D eigenvalue weighted by Gasteiger charge is 2.19. The van der Waals surface area contributed by atoms with Gasteiger partial charge in [-0.25, -0.2) is 0 Å². The van der Waals surface area contributed by atoms with Crippen LogP contribution in [0.3, 0.4) is 0 Å². The number of methoxy groups -OCH3 is 1. The number of hydrogen-bond acceptors (Lipinski definition) is 3. The zero-order valence-electron chi connectivity index (χ0n) is 9.44. The van der Waals surface area contributed by atoms with E-state index in [0.29, 0.717) is 17.1 Å². The van der Waals surface area contributed by atoms with E-state index in [1.54, 1.807) is 13.2 Å². The fourth-order valence-corrected chi connectivity index (χ4v) is 2.12. The quantitative estimate of drug-likeness (QED) is 0.732. The average molecular weight is 220 g/mol. The van der Waals surface area contributed by atoms with Gasteiger partial charge in [0.15, 0.2) is 17.8 Å². The summed E-state index contributed by atoms with van der Waals surface area (Å²) in [6.45, 7) is 0. The second kappa shape index (κ2) is 5.01. The molecule has 0 saturated heterocycles. The van der Waals surface area contributed by atoms with Crippen molar-refractivity contribution in [3.05, 3.63) is 23.8 Å². The van der Waals surface area contributed by atoms with Crippen molar-refractivity contribution in [2.24, 2.45) is 0 Å². The molecule has 16 heavy (non-hydrogen) atoms. The maximum absolute atomic E-state index is 10.8. The molecule has 1 aliphatic carbocycles. The van der Waals surface area contributed by atoms with Gasteiger partial charge >= 0.3 is 0 Å². The van der Waals surface area contributed by atoms with E-state index in [1.807, 2.05) is 12.1 Å². The molecule has 0 aromatic heterocycles. The Morgan fingerprint density at radius 2 is 2.06 bits per heavy atom. The molecule has 0 atom stereocenters. The molecule has 1 aromatic rings. The summed E-state index contributed by atoms with van der Waals surface area (Å²) in [4.78, 5) is 10.8. The van der Waals surface area contributed by atoms with Gasteiger partial charge in [0, 0.05) is 0 Å². The van der Waals surface area contributed by atoms with Crippen LogP contribution < -0.4 is 9.47 Å². The van der Waals surface area contributed by atoms with Gasteiger partial charge in [0.1, 0.15) is 0 Å². The van der Waals surface area contributed by atoms with E-state index in [0.717, 1.165) is 19.1 Å². The minimum Gasteiger partial charge on any atom is -0.492 e. The summed E-state index contributed by atoms with van der Waals surface area (Å²) < 4.78 is 11.1. The third kappa shape index (κ3) is 2.18. The molecule has 1 fully saturated rings. The molecule has 86 valence electrons. The molecule has 0 amide bonds. The summed E-state index contributed by atoms with van der Waals surface area (Å²) in [5, 5.41) is 0. The number of carbonyl (C=O) groups is 1. The fraction of sp³-hybridized carbons (Fsp3) is 0.462. The Morgan fingerprint density at radius 3 is 2.69 bits per heavy atom. The van der Waals surface area contributed by atoms with Gasteiger partial charge in [-0.05, 0) is 37.8 Å². The zero-order chi connectivity index (χ0) is 11.4. The molecule has 0 spiro atoms. The van der Waals surface area contributed by atoms with E-state index < -0.39 is 0 Å². The molecule has 0 aliphatic heterocycles. The van der Waals surface area contributed by atoms with E-state index in [1.165, 1.54) is 12.8 Å². The molecule has 3 nitrogen and oxygen atoms in total. The average Bonchev–Trinajstić information content (AvgIpc) is 2.81. The third-order valence-electron chi connectivity index (χ3n) is 2.94. The molecule has 1 aromatic carbocycles. The smallest absolute Gasteiger partial charge is 0.171 e. The summed E-state index contributed by atoms with van der Waals surface area (Å²) in [6, 6.07) is 5.40. The molecule has 0 bridgehead atoms. The predicted molar refractivity (Wildman–Crippen MR) is 61.3 cm³/mol. The van der Waals surface area contributed by atoms with Crippen molar-refractivity contribution in [2.45, 2.75) is 31.8 Å². The topological polar surface area (TPSA) is 35.5 Å². The number of aldehydes is 1. The third-order valence-corrected chi connectivity index (χ3v) is 2.94. The van der Waals surface area contributed by atoms with E-state index >= 15 is 0 Å². The van der Waals surface area contributed by atoms with Gasteiger partial charge in [0.2, 0.25) is 0 Å². The highest BCUT2D eigenvalue weighted by Crippen LogP contribution is 2.33. The monoisotopic (exact) mass is 220 g/mol. The van der Waals surface area contributed by atoms with E-state index in [2.05, 4.69) is 0 Å². The molecule has 0 unspecified atom stereocenters. The lowest BCUT2D eigenvalue weighted by Crippen LogP contribution is -2.12. The number of para-hydroxylation sites is 1. The number of ether oxygens (including phenoxy) is 2. The Kier molecular flexibility index (Phi) is 3.44. The molecular weight excluding hydrogens is 204 g/mol. The summed E-state index contributed by atoms with van der Waals surface area (Å²) in [6.07, 6.45) is 5.69. The van der Waals surface area contributed by atoms with Crippen molar-refractivity contribution in [2.75, 3.05) is 7.11 Å². The minimum atomic E-state index is 0.274. The lowest BCUT2D eigenvalue weighted by Gasteiger charge is -2.16. The van der Waals surface area contributed by atoms with Gasteiger partial charge in [0.25, 0.3) is 0 Å². The van der Waals surface area contributed by atoms with Crippen molar-refractivity contribution in [3.63, 3.8) is 0 Å². The number of rotatable bonds is 4. The zero-order valence-corrected chi connectivity index (χ0v) is 9.44. The Bertz CT molecular complexity index is 367. The van der Waals surface area contributed by atoms with Crippen molar-refractivity contribution in [1.82, 2.24) is 0 Å². The molecule has 1 aliphatic rings. The van der Waals surface area contributed by atoms with Crippen molar-refractivity contribution < 1.29 is 14.3 Å². The van der Waals surface area contributed by atoms with Crippen LogP contribution in [0, 0.1) is 0 Å². The first-order valence-electron chi connectivity index (χ1n) is 5.64. The number of benzene rings is 1. The van der Waals surface area contributed by atoms with Crippen LogP contribution in [0.5, 0.6) is 11.5 Å². The highest BCUT2D eigenvalue weighted by molar-refractivity contribution is 5.81. The van der Waals surface area contributed by atoms with Crippen molar-refractivity contribution in [1.29, 1.82) is 0 Å². The lowest BCUT2D eigenvalue weighted by molar-refractivity contribution is 0.111. The van der Waals surface area contributed by atoms with Crippen LogP contribution in [-0.4, -0.2) is 19.5 Å². The molecule has 0 heterocycles. The van der Waals surface area contributed by atoms with Gasteiger partial charge in [-0.2, -0.15) is 0 Å². The van der Waals surface area contributed by atoms with Gasteiger partial charge < -0.3 is 9.47 Å². The van der Waals surface area contributed by atoms with Crippen LogP contribution in [-0.2, 0) is 0 Å². The fourth-order valence-electron chi connectivity index (χ4n) is 2.12. The van der Waals surface area contributed by atoms with Crippen LogP contribution in [0.4, 0.5) is 0 Å². The summed E-state index contributed by atoms with van der Waals surface area (Å²) >= 11 is 0. The van der Waals surface area contributed by atoms with E-state index in [-0.39, 0.29) is 6.10 Å². The summed E-state index contributed by atoms with van der Waals surface area (Å²) in [5.41, 5.74) is 0.540. The van der Waals surface area contributed by atoms with Crippen LogP contribution >= 0.6 is 0 Å². The summed E-state index contributed by atoms with van der Waals surface area (Å²) in [5.74, 6) is 1.23. The van der Waals surface area contributed by atoms with Gasteiger partial charge in [-0.1, -0.05) is 6.07 Å². The first kappa shape index (κ1) is 11.0. The Morgan fingerprint density at radius 1 is 1.31 bits per heavy atom.